The highest BCUT2D eigenvalue weighted by molar-refractivity contribution is 5.71. The zero-order valence-corrected chi connectivity index (χ0v) is 45.6. The summed E-state index contributed by atoms with van der Waals surface area (Å²) in [6.45, 7) is 6.38. The van der Waals surface area contributed by atoms with Gasteiger partial charge in [-0.05, 0) is 83.5 Å². The van der Waals surface area contributed by atoms with Gasteiger partial charge in [0.15, 0.2) is 6.10 Å². The summed E-state index contributed by atoms with van der Waals surface area (Å²) in [4.78, 5) is 38.1. The summed E-state index contributed by atoms with van der Waals surface area (Å²) >= 11 is 0. The van der Waals surface area contributed by atoms with Gasteiger partial charge in [-0.2, -0.15) is 0 Å². The first kappa shape index (κ1) is 65.8. The normalized spacial score (nSPS) is 12.6. The molecular weight excluding hydrogens is 853 g/mol. The predicted molar refractivity (Wildman–Crippen MR) is 298 cm³/mol. The van der Waals surface area contributed by atoms with Gasteiger partial charge in [0.05, 0.1) is 0 Å². The van der Waals surface area contributed by atoms with Crippen LogP contribution >= 0.6 is 0 Å². The van der Waals surface area contributed by atoms with Gasteiger partial charge >= 0.3 is 17.9 Å². The van der Waals surface area contributed by atoms with Gasteiger partial charge in [-0.25, -0.2) is 0 Å². The highest BCUT2D eigenvalue weighted by Gasteiger charge is 2.19. The van der Waals surface area contributed by atoms with Crippen LogP contribution in [-0.4, -0.2) is 37.2 Å². The monoisotopic (exact) mass is 963 g/mol. The molecule has 6 heteroatoms. The highest BCUT2D eigenvalue weighted by Crippen LogP contribution is 2.17. The third-order valence-corrected chi connectivity index (χ3v) is 12.7. The Labute approximate surface area is 427 Å². The van der Waals surface area contributed by atoms with Crippen molar-refractivity contribution in [1.29, 1.82) is 0 Å². The minimum Gasteiger partial charge on any atom is -0.462 e. The average Bonchev–Trinajstić information content (AvgIpc) is 3.35. The lowest BCUT2D eigenvalue weighted by molar-refractivity contribution is -0.167. The molecule has 0 aromatic carbocycles. The lowest BCUT2D eigenvalue weighted by Gasteiger charge is -2.18. The first-order chi connectivity index (χ1) is 34.0. The highest BCUT2D eigenvalue weighted by atomic mass is 16.6. The van der Waals surface area contributed by atoms with Crippen LogP contribution in [0.2, 0.25) is 0 Å². The molecule has 0 aliphatic rings. The van der Waals surface area contributed by atoms with Gasteiger partial charge in [-0.15, -0.1) is 0 Å². The Morgan fingerprint density at radius 3 is 0.884 bits per heavy atom. The van der Waals surface area contributed by atoms with Crippen molar-refractivity contribution in [3.8, 4) is 0 Å². The molecule has 0 radical (unpaired) electrons. The molecule has 0 aromatic heterocycles. The van der Waals surface area contributed by atoms with Crippen LogP contribution in [-0.2, 0) is 28.6 Å². The molecule has 0 fully saturated rings. The number of esters is 3. The third-order valence-electron chi connectivity index (χ3n) is 12.7. The zero-order valence-electron chi connectivity index (χ0n) is 45.6. The summed E-state index contributed by atoms with van der Waals surface area (Å²) in [6.07, 6.45) is 73.5. The maximum Gasteiger partial charge on any atom is 0.306 e. The number of hydrogen-bond donors (Lipinski definition) is 0. The van der Waals surface area contributed by atoms with E-state index in [2.05, 4.69) is 93.7 Å². The van der Waals surface area contributed by atoms with Gasteiger partial charge in [-0.3, -0.25) is 14.4 Å². The molecule has 0 saturated heterocycles. The van der Waals surface area contributed by atoms with E-state index in [-0.39, 0.29) is 37.5 Å². The van der Waals surface area contributed by atoms with Crippen molar-refractivity contribution in [2.45, 2.75) is 297 Å². The van der Waals surface area contributed by atoms with Crippen molar-refractivity contribution < 1.29 is 28.6 Å². The van der Waals surface area contributed by atoms with E-state index in [1.807, 2.05) is 0 Å². The van der Waals surface area contributed by atoms with Crippen LogP contribution in [0.3, 0.4) is 0 Å². The maximum absolute atomic E-state index is 12.8. The number of allylic oxidation sites excluding steroid dienone is 12. The molecule has 0 spiro atoms. The maximum atomic E-state index is 12.8. The molecule has 69 heavy (non-hydrogen) atoms. The number of unbranched alkanes of at least 4 members (excludes halogenated alkanes) is 30. The van der Waals surface area contributed by atoms with Crippen molar-refractivity contribution in [3.63, 3.8) is 0 Å². The van der Waals surface area contributed by atoms with Crippen molar-refractivity contribution in [2.24, 2.45) is 0 Å². The fourth-order valence-electron chi connectivity index (χ4n) is 8.36. The van der Waals surface area contributed by atoms with E-state index in [1.54, 1.807) is 0 Å². The topological polar surface area (TPSA) is 78.9 Å². The Bertz CT molecular complexity index is 1290. The van der Waals surface area contributed by atoms with E-state index < -0.39 is 6.10 Å². The van der Waals surface area contributed by atoms with Crippen molar-refractivity contribution in [2.75, 3.05) is 13.2 Å². The molecule has 0 saturated carbocycles. The fourth-order valence-corrected chi connectivity index (χ4v) is 8.36. The summed E-state index contributed by atoms with van der Waals surface area (Å²) in [6, 6.07) is 0. The van der Waals surface area contributed by atoms with E-state index in [4.69, 9.17) is 14.2 Å². The van der Waals surface area contributed by atoms with Crippen LogP contribution in [0.25, 0.3) is 0 Å². The minimum atomic E-state index is -0.801. The molecule has 6 nitrogen and oxygen atoms in total. The van der Waals surface area contributed by atoms with Crippen LogP contribution in [0.15, 0.2) is 72.9 Å². The second kappa shape index (κ2) is 57.4. The molecule has 0 heterocycles. The van der Waals surface area contributed by atoms with Crippen molar-refractivity contribution in [1.82, 2.24) is 0 Å². The van der Waals surface area contributed by atoms with Crippen molar-refractivity contribution in [3.05, 3.63) is 72.9 Å². The fraction of sp³-hybridized carbons (Fsp3) is 0.762. The van der Waals surface area contributed by atoms with Gasteiger partial charge in [0, 0.05) is 19.3 Å². The van der Waals surface area contributed by atoms with Gasteiger partial charge in [0.1, 0.15) is 13.2 Å². The summed E-state index contributed by atoms with van der Waals surface area (Å²) < 4.78 is 16.8. The van der Waals surface area contributed by atoms with E-state index >= 15 is 0 Å². The molecule has 0 aliphatic heterocycles. The first-order valence-electron chi connectivity index (χ1n) is 29.4. The molecular formula is C63H110O6. The SMILES string of the molecule is CC/C=C\C/C=C\C/C=C\CCCCCC(=O)OCC(COC(=O)CCCCCCCCCCCCCCCCCCCCCCCCCCC)OC(=O)CCCCC/C=C\C/C=C\C/C=C\CC. The summed E-state index contributed by atoms with van der Waals surface area (Å²) in [5.41, 5.74) is 0. The van der Waals surface area contributed by atoms with Gasteiger partial charge in [-0.1, -0.05) is 261 Å². The second-order valence-corrected chi connectivity index (χ2v) is 19.5. The van der Waals surface area contributed by atoms with E-state index in [0.29, 0.717) is 12.8 Å². The largest absolute Gasteiger partial charge is 0.462 e. The lowest BCUT2D eigenvalue weighted by Crippen LogP contribution is -2.30. The average molecular weight is 964 g/mol. The molecule has 1 unspecified atom stereocenters. The molecule has 1 atom stereocenters. The third kappa shape index (κ3) is 55.6. The predicted octanol–water partition coefficient (Wildman–Crippen LogP) is 19.8. The van der Waals surface area contributed by atoms with Crippen LogP contribution in [0, 0.1) is 0 Å². The number of carbonyl (C=O) groups is 3. The van der Waals surface area contributed by atoms with E-state index in [9.17, 15) is 14.4 Å². The summed E-state index contributed by atoms with van der Waals surface area (Å²) in [5.74, 6) is -0.947. The standard InChI is InChI=1S/C63H110O6/c1-4-7-10-13-16-19-22-25-26-27-28-29-30-31-32-33-34-35-36-39-41-44-47-50-53-56-62(65)68-59-60(69-63(66)57-54-51-48-45-42-38-24-21-18-15-12-9-6-3)58-67-61(64)55-52-49-46-43-40-37-23-20-17-14-11-8-5-2/h8-9,11-12,17-18,20-21,37-38,40,42,60H,4-7,10,13-16,19,22-36,39,41,43-59H2,1-3H3/b11-8-,12-9-,20-17-,21-18-,40-37-,42-38-. The second-order valence-electron chi connectivity index (χ2n) is 19.5. The van der Waals surface area contributed by atoms with E-state index in [0.717, 1.165) is 109 Å². The lowest BCUT2D eigenvalue weighted by atomic mass is 10.0. The molecule has 398 valence electrons. The molecule has 0 aromatic rings. The minimum absolute atomic E-state index is 0.0949. The van der Waals surface area contributed by atoms with Gasteiger partial charge in [0.2, 0.25) is 0 Å². The molecule has 0 amide bonds. The van der Waals surface area contributed by atoms with Crippen LogP contribution in [0.1, 0.15) is 290 Å². The summed E-state index contributed by atoms with van der Waals surface area (Å²) in [7, 11) is 0. The summed E-state index contributed by atoms with van der Waals surface area (Å²) in [5, 5.41) is 0. The quantitative estimate of drug-likeness (QED) is 0.0262. The van der Waals surface area contributed by atoms with Crippen LogP contribution in [0.5, 0.6) is 0 Å². The van der Waals surface area contributed by atoms with Crippen LogP contribution in [0.4, 0.5) is 0 Å². The Morgan fingerprint density at radius 1 is 0.304 bits per heavy atom. The van der Waals surface area contributed by atoms with Crippen molar-refractivity contribution >= 4 is 17.9 Å². The Hall–Kier alpha value is -3.15. The van der Waals surface area contributed by atoms with Gasteiger partial charge < -0.3 is 14.2 Å². The molecule has 0 aliphatic carbocycles. The zero-order chi connectivity index (χ0) is 50.0. The van der Waals surface area contributed by atoms with E-state index in [1.165, 1.54) is 141 Å². The number of rotatable bonds is 53. The smallest absolute Gasteiger partial charge is 0.306 e. The number of hydrogen-bond acceptors (Lipinski definition) is 6. The Kier molecular flexibility index (Phi) is 54.8. The Morgan fingerprint density at radius 2 is 0.565 bits per heavy atom. The molecule has 0 N–H and O–H groups in total. The number of carbonyl (C=O) groups excluding carboxylic acids is 3. The van der Waals surface area contributed by atoms with Gasteiger partial charge in [0.25, 0.3) is 0 Å². The number of ether oxygens (including phenoxy) is 3. The van der Waals surface area contributed by atoms with Crippen LogP contribution < -0.4 is 0 Å². The first-order valence-corrected chi connectivity index (χ1v) is 29.4. The molecule has 0 rings (SSSR count). The Balaban J connectivity index is 4.25. The molecule has 0 bridgehead atoms.